The Morgan fingerprint density at radius 1 is 1.06 bits per heavy atom. The maximum atomic E-state index is 12.7. The van der Waals surface area contributed by atoms with Gasteiger partial charge in [0.25, 0.3) is 5.91 Å². The van der Waals surface area contributed by atoms with Gasteiger partial charge in [0, 0.05) is 10.2 Å². The van der Waals surface area contributed by atoms with Crippen molar-refractivity contribution in [2.75, 3.05) is 18.5 Å². The Kier molecular flexibility index (Phi) is 10.2. The molecule has 0 aliphatic carbocycles. The van der Waals surface area contributed by atoms with Crippen LogP contribution in [0.25, 0.3) is 6.08 Å². The second-order valence-electron chi connectivity index (χ2n) is 7.67. The minimum atomic E-state index is -0.540. The van der Waals surface area contributed by atoms with Crippen molar-refractivity contribution in [2.45, 2.75) is 26.9 Å². The maximum absolute atomic E-state index is 12.7. The van der Waals surface area contributed by atoms with Gasteiger partial charge in [0.2, 0.25) is 0 Å². The number of nitriles is 1. The highest BCUT2D eigenvalue weighted by atomic mass is 79.9. The third kappa shape index (κ3) is 7.77. The number of amides is 1. The molecule has 0 unspecified atom stereocenters. The van der Waals surface area contributed by atoms with Crippen LogP contribution >= 0.6 is 27.5 Å². The van der Waals surface area contributed by atoms with E-state index in [0.717, 1.165) is 16.5 Å². The van der Waals surface area contributed by atoms with Gasteiger partial charge in [0.05, 0.1) is 18.2 Å². The summed E-state index contributed by atoms with van der Waals surface area (Å²) in [7, 11) is 0. The van der Waals surface area contributed by atoms with E-state index in [2.05, 4.69) is 21.2 Å². The van der Waals surface area contributed by atoms with E-state index in [9.17, 15) is 10.1 Å². The van der Waals surface area contributed by atoms with Crippen LogP contribution in [0.15, 0.2) is 70.7 Å². The Labute approximate surface area is 224 Å². The smallest absolute Gasteiger partial charge is 0.266 e. The summed E-state index contributed by atoms with van der Waals surface area (Å²) < 4.78 is 18.2. The predicted molar refractivity (Wildman–Crippen MR) is 146 cm³/mol. The van der Waals surface area contributed by atoms with Crippen LogP contribution in [-0.2, 0) is 11.4 Å². The molecule has 3 rings (SSSR count). The first kappa shape index (κ1) is 27.1. The summed E-state index contributed by atoms with van der Waals surface area (Å²) in [5.41, 5.74) is 2.05. The van der Waals surface area contributed by atoms with Crippen molar-refractivity contribution in [3.8, 4) is 23.3 Å². The number of benzene rings is 3. The fourth-order valence-electron chi connectivity index (χ4n) is 3.17. The Morgan fingerprint density at radius 3 is 2.42 bits per heavy atom. The monoisotopic (exact) mass is 568 g/mol. The molecule has 0 fully saturated rings. The van der Waals surface area contributed by atoms with Crippen molar-refractivity contribution >= 4 is 45.2 Å². The molecule has 0 aliphatic heterocycles. The number of anilines is 1. The highest BCUT2D eigenvalue weighted by Crippen LogP contribution is 2.37. The molecule has 8 heteroatoms. The molecule has 0 atom stereocenters. The molecule has 0 spiro atoms. The van der Waals surface area contributed by atoms with Crippen LogP contribution in [0.4, 0.5) is 5.69 Å². The summed E-state index contributed by atoms with van der Waals surface area (Å²) in [6, 6.07) is 20.1. The molecule has 186 valence electrons. The van der Waals surface area contributed by atoms with Gasteiger partial charge in [-0.3, -0.25) is 4.79 Å². The third-order valence-electron chi connectivity index (χ3n) is 4.89. The number of carbonyl (C=O) groups excluding carboxylic acids is 1. The van der Waals surface area contributed by atoms with Gasteiger partial charge in [0.15, 0.2) is 11.5 Å². The van der Waals surface area contributed by atoms with E-state index in [1.165, 1.54) is 6.08 Å². The fraction of sp³-hybridized carbons (Fsp3) is 0.214. The zero-order valence-electron chi connectivity index (χ0n) is 20.0. The maximum Gasteiger partial charge on any atom is 0.266 e. The summed E-state index contributed by atoms with van der Waals surface area (Å²) >= 11 is 9.81. The number of hydrogen-bond donors (Lipinski definition) is 1. The number of ether oxygens (including phenoxy) is 3. The van der Waals surface area contributed by atoms with Crippen molar-refractivity contribution in [3.63, 3.8) is 0 Å². The van der Waals surface area contributed by atoms with E-state index in [1.54, 1.807) is 36.4 Å². The van der Waals surface area contributed by atoms with Gasteiger partial charge >= 0.3 is 0 Å². The number of hydrogen-bond acceptors (Lipinski definition) is 5. The minimum Gasteiger partial charge on any atom is -0.490 e. The molecule has 0 radical (unpaired) electrons. The Balaban J connectivity index is 1.69. The first-order valence-corrected chi connectivity index (χ1v) is 12.6. The lowest BCUT2D eigenvalue weighted by molar-refractivity contribution is -0.112. The minimum absolute atomic E-state index is 0.0775. The second-order valence-corrected chi connectivity index (χ2v) is 9.00. The number of halogens is 2. The number of carbonyl (C=O) groups is 1. The van der Waals surface area contributed by atoms with Gasteiger partial charge in [-0.15, -0.1) is 0 Å². The molecular formula is C28H26BrClN2O4. The average Bonchev–Trinajstić information content (AvgIpc) is 2.87. The highest BCUT2D eigenvalue weighted by Gasteiger charge is 2.15. The van der Waals surface area contributed by atoms with Crippen LogP contribution in [0.3, 0.4) is 0 Å². The number of rotatable bonds is 11. The molecular weight excluding hydrogens is 544 g/mol. The largest absolute Gasteiger partial charge is 0.490 e. The molecule has 0 saturated heterocycles. The van der Waals surface area contributed by atoms with Crippen molar-refractivity contribution in [3.05, 3.63) is 86.9 Å². The van der Waals surface area contributed by atoms with E-state index in [1.807, 2.05) is 44.2 Å². The zero-order chi connectivity index (χ0) is 25.9. The number of nitrogens with one attached hydrogen (secondary N) is 1. The van der Waals surface area contributed by atoms with Crippen LogP contribution < -0.4 is 19.5 Å². The van der Waals surface area contributed by atoms with Crippen LogP contribution in [0.2, 0.25) is 5.02 Å². The lowest BCUT2D eigenvalue weighted by atomic mass is 10.1. The molecule has 0 aliphatic rings. The first-order valence-electron chi connectivity index (χ1n) is 11.4. The topological polar surface area (TPSA) is 80.6 Å². The summed E-state index contributed by atoms with van der Waals surface area (Å²) in [6.45, 7) is 5.18. The molecule has 1 amide bonds. The van der Waals surface area contributed by atoms with Gasteiger partial charge in [0.1, 0.15) is 24.0 Å². The van der Waals surface area contributed by atoms with Crippen molar-refractivity contribution in [1.29, 1.82) is 5.26 Å². The normalized spacial score (nSPS) is 10.9. The van der Waals surface area contributed by atoms with Crippen LogP contribution in [-0.4, -0.2) is 19.1 Å². The molecule has 0 bridgehead atoms. The summed E-state index contributed by atoms with van der Waals surface area (Å²) in [5.74, 6) is 1.03. The highest BCUT2D eigenvalue weighted by molar-refractivity contribution is 9.10. The van der Waals surface area contributed by atoms with Gasteiger partial charge in [-0.05, 0) is 79.1 Å². The SMILES string of the molecule is CCCOc1c(Cl)cc(/C=C(\C#N)C(=O)Nc2ccc(OCc3ccc(Br)cc3)cc2)cc1OCC. The molecule has 6 nitrogen and oxygen atoms in total. The van der Waals surface area contributed by atoms with E-state index < -0.39 is 5.91 Å². The van der Waals surface area contributed by atoms with Crippen molar-refractivity contribution in [2.24, 2.45) is 0 Å². The van der Waals surface area contributed by atoms with Crippen LogP contribution in [0, 0.1) is 11.3 Å². The standard InChI is InChI=1S/C28H26BrClN2O4/c1-3-13-35-27-25(30)15-20(16-26(27)34-4-2)14-21(17-31)28(33)32-23-9-11-24(12-10-23)36-18-19-5-7-22(29)8-6-19/h5-12,14-16H,3-4,13,18H2,1-2H3,(H,32,33)/b21-14+. The number of nitrogens with zero attached hydrogens (tertiary/aromatic N) is 1. The van der Waals surface area contributed by atoms with Crippen molar-refractivity contribution in [1.82, 2.24) is 0 Å². The van der Waals surface area contributed by atoms with Gasteiger partial charge < -0.3 is 19.5 Å². The second kappa shape index (κ2) is 13.6. The Hall–Kier alpha value is -3.47. The van der Waals surface area contributed by atoms with Crippen LogP contribution in [0.5, 0.6) is 17.2 Å². The summed E-state index contributed by atoms with van der Waals surface area (Å²) in [6.07, 6.45) is 2.28. The van der Waals surface area contributed by atoms with Crippen LogP contribution in [0.1, 0.15) is 31.4 Å². The molecule has 3 aromatic rings. The van der Waals surface area contributed by atoms with E-state index in [-0.39, 0.29) is 5.57 Å². The molecule has 3 aromatic carbocycles. The summed E-state index contributed by atoms with van der Waals surface area (Å²) in [5, 5.41) is 12.7. The zero-order valence-corrected chi connectivity index (χ0v) is 22.4. The lowest BCUT2D eigenvalue weighted by Gasteiger charge is -2.14. The lowest BCUT2D eigenvalue weighted by Crippen LogP contribution is -2.13. The van der Waals surface area contributed by atoms with E-state index in [0.29, 0.717) is 53.3 Å². The molecule has 36 heavy (non-hydrogen) atoms. The molecule has 0 saturated carbocycles. The van der Waals surface area contributed by atoms with Gasteiger partial charge in [-0.25, -0.2) is 0 Å². The Morgan fingerprint density at radius 2 is 1.78 bits per heavy atom. The quantitative estimate of drug-likeness (QED) is 0.192. The first-order chi connectivity index (χ1) is 17.4. The van der Waals surface area contributed by atoms with E-state index in [4.69, 9.17) is 25.8 Å². The molecule has 1 N–H and O–H groups in total. The molecule has 0 heterocycles. The predicted octanol–water partition coefficient (Wildman–Crippen LogP) is 7.41. The fourth-order valence-corrected chi connectivity index (χ4v) is 3.71. The van der Waals surface area contributed by atoms with E-state index >= 15 is 0 Å². The Bertz CT molecular complexity index is 1250. The van der Waals surface area contributed by atoms with Crippen molar-refractivity contribution < 1.29 is 19.0 Å². The average molecular weight is 570 g/mol. The third-order valence-corrected chi connectivity index (χ3v) is 5.70. The summed E-state index contributed by atoms with van der Waals surface area (Å²) in [4.78, 5) is 12.7. The van der Waals surface area contributed by atoms with Gasteiger partial charge in [-0.2, -0.15) is 5.26 Å². The molecule has 0 aromatic heterocycles. The van der Waals surface area contributed by atoms with Gasteiger partial charge in [-0.1, -0.05) is 46.6 Å².